The van der Waals surface area contributed by atoms with E-state index in [9.17, 15) is 0 Å². The molecule has 0 fully saturated rings. The molecule has 0 spiro atoms. The van der Waals surface area contributed by atoms with Gasteiger partial charge in [0.1, 0.15) is 0 Å². The Balaban J connectivity index is 0. The van der Waals surface area contributed by atoms with Crippen molar-refractivity contribution >= 4 is 29.6 Å². The second-order valence-corrected chi connectivity index (χ2v) is 0.357. The third-order valence-electron chi connectivity index (χ3n) is 0.0816. The maximum atomic E-state index is 8.81. The molecule has 28 valence electrons. The summed E-state index contributed by atoms with van der Waals surface area (Å²) in [6, 6.07) is 0. The summed E-state index contributed by atoms with van der Waals surface area (Å²) >= 11 is 0. The molecule has 0 saturated carbocycles. The first-order chi connectivity index (χ1) is 2.27. The first kappa shape index (κ1) is 9.31. The zero-order valence-electron chi connectivity index (χ0n) is 2.21. The number of nitrogens with zero attached hydrogens (tertiary/aromatic N) is 2. The van der Waals surface area contributed by atoms with E-state index in [1.807, 2.05) is 0 Å². The van der Waals surface area contributed by atoms with E-state index in [2.05, 4.69) is 0 Å². The van der Waals surface area contributed by atoms with Crippen LogP contribution in [0.2, 0.25) is 0 Å². The van der Waals surface area contributed by atoms with Gasteiger partial charge in [0.2, 0.25) is 0 Å². The molecule has 0 aliphatic heterocycles. The van der Waals surface area contributed by atoms with Crippen molar-refractivity contribution in [3.05, 3.63) is 10.1 Å². The third kappa shape index (κ3) is 9.10. The predicted molar refractivity (Wildman–Crippen MR) is 19.8 cm³/mol. The molecular formula is CHN2NaO2. The monoisotopic (exact) mass is 96.0 g/mol. The zero-order chi connectivity index (χ0) is 4.28. The second-order valence-electron chi connectivity index (χ2n) is 0.357. The van der Waals surface area contributed by atoms with Gasteiger partial charge >= 0.3 is 35.8 Å². The normalized spacial score (nSPS) is 4.50. The van der Waals surface area contributed by atoms with Crippen molar-refractivity contribution in [3.63, 3.8) is 0 Å². The molecule has 4 nitrogen and oxygen atoms in total. The first-order valence-corrected chi connectivity index (χ1v) is 0.812. The van der Waals surface area contributed by atoms with Crippen LogP contribution in [0.4, 0.5) is 0 Å². The van der Waals surface area contributed by atoms with E-state index in [0.29, 0.717) is 0 Å². The zero-order valence-corrected chi connectivity index (χ0v) is 2.21. The van der Waals surface area contributed by atoms with Gasteiger partial charge in [-0.15, -0.1) is 0 Å². The van der Waals surface area contributed by atoms with Gasteiger partial charge in [0.25, 0.3) is 0 Å². The van der Waals surface area contributed by atoms with Gasteiger partial charge in [0, 0.05) is 4.92 Å². The van der Waals surface area contributed by atoms with Crippen LogP contribution in [0.3, 0.4) is 0 Å². The molecule has 0 radical (unpaired) electrons. The SMILES string of the molecule is N#C[N+](=O)[O-].[NaH]. The Hall–Kier alpha value is -0.110. The van der Waals surface area contributed by atoms with Crippen molar-refractivity contribution in [2.75, 3.05) is 0 Å². The Morgan fingerprint density at radius 2 is 2.00 bits per heavy atom. The van der Waals surface area contributed by atoms with Gasteiger partial charge in [-0.05, 0) is 0 Å². The van der Waals surface area contributed by atoms with Crippen molar-refractivity contribution in [2.45, 2.75) is 0 Å². The Kier molecular flexibility index (Phi) is 7.59. The Bertz CT molecular complexity index is 84.0. The van der Waals surface area contributed by atoms with Crippen LogP contribution in [0.1, 0.15) is 0 Å². The molecule has 0 atom stereocenters. The van der Waals surface area contributed by atoms with Gasteiger partial charge in [-0.2, -0.15) is 0 Å². The standard InChI is InChI=1S/CN2O2.Na.H/c2-1-3(4)5;;. The molecule has 0 unspecified atom stereocenters. The first-order valence-electron chi connectivity index (χ1n) is 0.812. The summed E-state index contributed by atoms with van der Waals surface area (Å²) in [5, 5.41) is 16.0. The van der Waals surface area contributed by atoms with Gasteiger partial charge in [-0.25, -0.2) is 0 Å². The van der Waals surface area contributed by atoms with E-state index in [1.165, 1.54) is 0 Å². The molecule has 0 aromatic heterocycles. The van der Waals surface area contributed by atoms with Crippen molar-refractivity contribution in [2.24, 2.45) is 0 Å². The van der Waals surface area contributed by atoms with Crippen molar-refractivity contribution in [3.8, 4) is 6.19 Å². The Morgan fingerprint density at radius 1 is 1.83 bits per heavy atom. The quantitative estimate of drug-likeness (QED) is 0.129. The van der Waals surface area contributed by atoms with Crippen LogP contribution in [0.15, 0.2) is 0 Å². The fraction of sp³-hybridized carbons (Fsp3) is 0. The average Bonchev–Trinajstić information content (AvgIpc) is 1.38. The number of hydrogen-bond acceptors (Lipinski definition) is 3. The molecule has 0 amide bonds. The number of nitriles is 1. The second kappa shape index (κ2) is 4.89. The molecule has 0 aromatic carbocycles. The molecule has 0 aliphatic carbocycles. The minimum atomic E-state index is -1.07. The Labute approximate surface area is 56.2 Å². The summed E-state index contributed by atoms with van der Waals surface area (Å²) in [5.41, 5.74) is 0. The number of nitro groups is 1. The van der Waals surface area contributed by atoms with Crippen LogP contribution in [-0.2, 0) is 0 Å². The number of rotatable bonds is 0. The van der Waals surface area contributed by atoms with Crippen molar-refractivity contribution in [1.82, 2.24) is 0 Å². The average molecular weight is 96.0 g/mol. The van der Waals surface area contributed by atoms with E-state index in [4.69, 9.17) is 15.4 Å². The molecule has 6 heavy (non-hydrogen) atoms. The summed E-state index contributed by atoms with van der Waals surface area (Å²) in [6.45, 7) is 0. The summed E-state index contributed by atoms with van der Waals surface area (Å²) in [7, 11) is 0. The van der Waals surface area contributed by atoms with Crippen molar-refractivity contribution in [1.29, 1.82) is 5.26 Å². The molecule has 0 rings (SSSR count). The fourth-order valence-electron chi connectivity index (χ4n) is 0. The van der Waals surface area contributed by atoms with Crippen LogP contribution >= 0.6 is 0 Å². The minimum absolute atomic E-state index is 0. The molecule has 0 aromatic rings. The summed E-state index contributed by atoms with van der Waals surface area (Å²) < 4.78 is 0. The molecular weight excluding hydrogens is 95.0 g/mol. The van der Waals surface area contributed by atoms with Crippen molar-refractivity contribution < 1.29 is 4.92 Å². The van der Waals surface area contributed by atoms with Crippen LogP contribution in [-0.4, -0.2) is 34.5 Å². The van der Waals surface area contributed by atoms with Gasteiger partial charge in [-0.3, -0.25) is 0 Å². The van der Waals surface area contributed by atoms with Crippen LogP contribution < -0.4 is 0 Å². The van der Waals surface area contributed by atoms with E-state index in [1.54, 1.807) is 0 Å². The summed E-state index contributed by atoms with van der Waals surface area (Å²) in [6.07, 6.45) is 0.750. The molecule has 0 saturated heterocycles. The van der Waals surface area contributed by atoms with Gasteiger partial charge in [0.15, 0.2) is 5.26 Å². The van der Waals surface area contributed by atoms with E-state index in [0.717, 1.165) is 6.19 Å². The van der Waals surface area contributed by atoms with E-state index in [-0.39, 0.29) is 29.6 Å². The predicted octanol–water partition coefficient (Wildman–Crippen LogP) is -0.904. The summed E-state index contributed by atoms with van der Waals surface area (Å²) in [5.74, 6) is 0. The van der Waals surface area contributed by atoms with Crippen LogP contribution in [0.25, 0.3) is 0 Å². The van der Waals surface area contributed by atoms with E-state index < -0.39 is 4.92 Å². The van der Waals surface area contributed by atoms with E-state index >= 15 is 0 Å². The molecule has 5 heteroatoms. The maximum absolute atomic E-state index is 8.81. The molecule has 0 bridgehead atoms. The number of hydrogen-bond donors (Lipinski definition) is 0. The van der Waals surface area contributed by atoms with Gasteiger partial charge < -0.3 is 10.1 Å². The molecule has 0 aliphatic rings. The van der Waals surface area contributed by atoms with Gasteiger partial charge in [-0.1, -0.05) is 0 Å². The Morgan fingerprint density at radius 3 is 2.00 bits per heavy atom. The molecule has 0 heterocycles. The third-order valence-corrected chi connectivity index (χ3v) is 0.0816. The molecule has 0 N–H and O–H groups in total. The van der Waals surface area contributed by atoms with Gasteiger partial charge in [0.05, 0.1) is 0 Å². The van der Waals surface area contributed by atoms with Crippen LogP contribution in [0.5, 0.6) is 0 Å². The van der Waals surface area contributed by atoms with Crippen LogP contribution in [0, 0.1) is 21.6 Å². The topological polar surface area (TPSA) is 66.9 Å². The fourth-order valence-corrected chi connectivity index (χ4v) is 0. The summed E-state index contributed by atoms with van der Waals surface area (Å²) in [4.78, 5) is 7.74.